The largest absolute Gasteiger partial charge is 0.497 e. The number of hydrogen-bond donors (Lipinski definition) is 0. The number of likely N-dealkylation sites (N-methyl/N-ethyl adjacent to an activating group) is 2. The van der Waals surface area contributed by atoms with Gasteiger partial charge in [-0.1, -0.05) is 0 Å². The van der Waals surface area contributed by atoms with Gasteiger partial charge in [-0.05, 0) is 108 Å². The maximum absolute atomic E-state index is 13.2. The highest BCUT2D eigenvalue weighted by atomic mass is 32.2. The molecule has 4 rings (SSSR count). The lowest BCUT2D eigenvalue weighted by atomic mass is 9.85. The van der Waals surface area contributed by atoms with Crippen LogP contribution >= 0.6 is 0 Å². The van der Waals surface area contributed by atoms with Gasteiger partial charge < -0.3 is 19.3 Å². The Hall–Kier alpha value is -1.72. The molecule has 0 radical (unpaired) electrons. The number of sulfonamides is 1. The first-order chi connectivity index (χ1) is 19.1. The third kappa shape index (κ3) is 7.56. The number of ether oxygens (including phenoxy) is 2. The number of aryl methyl sites for hydroxylation is 2. The minimum absolute atomic E-state index is 0.0312. The fourth-order valence-corrected chi connectivity index (χ4v) is 8.39. The summed E-state index contributed by atoms with van der Waals surface area (Å²) in [7, 11) is 1.30. The van der Waals surface area contributed by atoms with Crippen LogP contribution in [0.3, 0.4) is 0 Å². The molecule has 0 unspecified atom stereocenters. The molecule has 2 saturated heterocycles. The number of hydrogen-bond acceptors (Lipinski definition) is 7. The molecule has 10 heteroatoms. The third-order valence-corrected chi connectivity index (χ3v) is 11.5. The van der Waals surface area contributed by atoms with Crippen molar-refractivity contribution >= 4 is 15.9 Å². The van der Waals surface area contributed by atoms with Crippen molar-refractivity contribution in [3.63, 3.8) is 0 Å². The second kappa shape index (κ2) is 14.0. The number of amides is 1. The molecule has 9 nitrogen and oxygen atoms in total. The van der Waals surface area contributed by atoms with Crippen LogP contribution in [0.5, 0.6) is 5.75 Å². The summed E-state index contributed by atoms with van der Waals surface area (Å²) in [5, 5.41) is 0. The zero-order valence-electron chi connectivity index (χ0n) is 25.2. The fraction of sp³-hybridized carbons (Fsp3) is 0.767. The van der Waals surface area contributed by atoms with Gasteiger partial charge in [0.1, 0.15) is 12.4 Å². The van der Waals surface area contributed by atoms with E-state index in [1.54, 1.807) is 40.1 Å². The second-order valence-electron chi connectivity index (χ2n) is 12.1. The molecule has 3 fully saturated rings. The topological polar surface area (TPSA) is 82.6 Å². The average Bonchev–Trinajstić information content (AvgIpc) is 3.62. The van der Waals surface area contributed by atoms with Crippen molar-refractivity contribution in [1.29, 1.82) is 0 Å². The van der Waals surface area contributed by atoms with Crippen LogP contribution in [0.15, 0.2) is 17.0 Å². The van der Waals surface area contributed by atoms with Crippen molar-refractivity contribution in [1.82, 2.24) is 19.0 Å². The molecular formula is C30H50N4O5S. The molecule has 0 aromatic heterocycles. The Morgan fingerprint density at radius 1 is 1.00 bits per heavy atom. The van der Waals surface area contributed by atoms with Gasteiger partial charge in [0, 0.05) is 45.8 Å². The molecule has 1 aromatic rings. The van der Waals surface area contributed by atoms with Crippen LogP contribution in [0.25, 0.3) is 0 Å². The van der Waals surface area contributed by atoms with E-state index in [0.29, 0.717) is 21.8 Å². The molecule has 226 valence electrons. The second-order valence-corrected chi connectivity index (χ2v) is 14.1. The third-order valence-electron chi connectivity index (χ3n) is 9.29. The van der Waals surface area contributed by atoms with E-state index in [1.165, 1.54) is 69.1 Å². The van der Waals surface area contributed by atoms with Gasteiger partial charge in [0.05, 0.1) is 18.6 Å². The van der Waals surface area contributed by atoms with Gasteiger partial charge in [-0.3, -0.25) is 9.69 Å². The Morgan fingerprint density at radius 2 is 1.65 bits per heavy atom. The summed E-state index contributed by atoms with van der Waals surface area (Å²) in [6.07, 6.45) is 8.45. The van der Waals surface area contributed by atoms with E-state index >= 15 is 0 Å². The predicted octanol–water partition coefficient (Wildman–Crippen LogP) is 3.14. The van der Waals surface area contributed by atoms with Crippen LogP contribution in [0.1, 0.15) is 56.1 Å². The van der Waals surface area contributed by atoms with Gasteiger partial charge in [-0.25, -0.2) is 8.42 Å². The number of carbonyl (C=O) groups is 1. The van der Waals surface area contributed by atoms with Gasteiger partial charge in [-0.2, -0.15) is 4.31 Å². The number of likely N-dealkylation sites (tertiary alicyclic amines) is 2. The highest BCUT2D eigenvalue weighted by molar-refractivity contribution is 7.89. The van der Waals surface area contributed by atoms with Gasteiger partial charge >= 0.3 is 0 Å². The van der Waals surface area contributed by atoms with E-state index in [4.69, 9.17) is 9.47 Å². The highest BCUT2D eigenvalue weighted by Gasteiger charge is 2.32. The van der Waals surface area contributed by atoms with Crippen LogP contribution in [0, 0.1) is 19.8 Å². The molecule has 1 saturated carbocycles. The minimum Gasteiger partial charge on any atom is -0.497 e. The summed E-state index contributed by atoms with van der Waals surface area (Å²) < 4.78 is 38.5. The van der Waals surface area contributed by atoms with Crippen LogP contribution in [-0.4, -0.2) is 119 Å². The SMILES string of the molecule is COc1cc(C)c(S(=O)(=O)N(C)CCOCC(=O)N(C)C2CCC(CN3CC[C@H](N4CCCC4)C3)CC2)c(C)c1. The van der Waals surface area contributed by atoms with Crippen molar-refractivity contribution in [3.8, 4) is 5.75 Å². The maximum atomic E-state index is 13.2. The number of methoxy groups -OCH3 is 1. The quantitative estimate of drug-likeness (QED) is 0.353. The summed E-state index contributed by atoms with van der Waals surface area (Å²) in [6.45, 7) is 10.1. The van der Waals surface area contributed by atoms with Gasteiger partial charge in [-0.15, -0.1) is 0 Å². The molecule has 1 aromatic carbocycles. The van der Waals surface area contributed by atoms with E-state index in [1.807, 2.05) is 11.9 Å². The minimum atomic E-state index is -3.68. The van der Waals surface area contributed by atoms with Crippen molar-refractivity contribution < 1.29 is 22.7 Å². The molecule has 1 atom stereocenters. The fourth-order valence-electron chi connectivity index (χ4n) is 6.83. The molecule has 1 amide bonds. The van der Waals surface area contributed by atoms with Crippen molar-refractivity contribution in [3.05, 3.63) is 23.3 Å². The number of benzene rings is 1. The molecule has 0 bridgehead atoms. The Bertz CT molecular complexity index is 1080. The Labute approximate surface area is 241 Å². The molecule has 2 heterocycles. The molecule has 0 N–H and O–H groups in total. The number of rotatable bonds is 12. The van der Waals surface area contributed by atoms with E-state index in [-0.39, 0.29) is 31.7 Å². The first kappa shape index (κ1) is 31.2. The first-order valence-corrected chi connectivity index (χ1v) is 16.5. The van der Waals surface area contributed by atoms with E-state index in [9.17, 15) is 13.2 Å². The molecule has 1 aliphatic carbocycles. The Balaban J connectivity index is 1.15. The van der Waals surface area contributed by atoms with Gasteiger partial charge in [0.15, 0.2) is 0 Å². The highest BCUT2D eigenvalue weighted by Crippen LogP contribution is 2.30. The maximum Gasteiger partial charge on any atom is 0.248 e. The summed E-state index contributed by atoms with van der Waals surface area (Å²) >= 11 is 0. The molecule has 2 aliphatic heterocycles. The van der Waals surface area contributed by atoms with Crippen molar-refractivity contribution in [2.75, 3.05) is 73.7 Å². The zero-order chi connectivity index (χ0) is 28.9. The zero-order valence-corrected chi connectivity index (χ0v) is 26.0. The monoisotopic (exact) mass is 578 g/mol. The van der Waals surface area contributed by atoms with E-state index in [2.05, 4.69) is 9.80 Å². The van der Waals surface area contributed by atoms with Crippen LogP contribution < -0.4 is 4.74 Å². The summed E-state index contributed by atoms with van der Waals surface area (Å²) in [5.41, 5.74) is 1.28. The lowest BCUT2D eigenvalue weighted by molar-refractivity contribution is -0.137. The lowest BCUT2D eigenvalue weighted by Crippen LogP contribution is -2.43. The Morgan fingerprint density at radius 3 is 2.27 bits per heavy atom. The average molecular weight is 579 g/mol. The lowest BCUT2D eigenvalue weighted by Gasteiger charge is -2.36. The van der Waals surface area contributed by atoms with Crippen molar-refractivity contribution in [2.24, 2.45) is 5.92 Å². The van der Waals surface area contributed by atoms with Crippen LogP contribution in [0.2, 0.25) is 0 Å². The number of carbonyl (C=O) groups excluding carboxylic acids is 1. The summed E-state index contributed by atoms with van der Waals surface area (Å²) in [6, 6.07) is 4.47. The normalized spacial score (nSPS) is 24.6. The Kier molecular flexibility index (Phi) is 10.9. The summed E-state index contributed by atoms with van der Waals surface area (Å²) in [4.78, 5) is 20.3. The van der Waals surface area contributed by atoms with Gasteiger partial charge in [0.2, 0.25) is 15.9 Å². The van der Waals surface area contributed by atoms with Crippen LogP contribution in [0.4, 0.5) is 0 Å². The smallest absolute Gasteiger partial charge is 0.248 e. The van der Waals surface area contributed by atoms with E-state index in [0.717, 1.165) is 24.8 Å². The molecule has 40 heavy (non-hydrogen) atoms. The van der Waals surface area contributed by atoms with E-state index < -0.39 is 10.0 Å². The molecule has 0 spiro atoms. The van der Waals surface area contributed by atoms with Gasteiger partial charge in [0.25, 0.3) is 0 Å². The predicted molar refractivity (Wildman–Crippen MR) is 157 cm³/mol. The molecule has 3 aliphatic rings. The number of nitrogens with zero attached hydrogens (tertiary/aromatic N) is 4. The first-order valence-electron chi connectivity index (χ1n) is 15.0. The van der Waals surface area contributed by atoms with Crippen LogP contribution in [-0.2, 0) is 19.6 Å². The molecular weight excluding hydrogens is 528 g/mol. The standard InChI is InChI=1S/C30H50N4O5S/c1-23-18-28(38-5)19-24(2)30(23)40(36,37)31(3)16-17-39-22-29(35)32(4)26-10-8-25(9-11-26)20-33-15-12-27(21-33)34-13-6-7-14-34/h18-19,25-27H,6-17,20-22H2,1-5H3/t25?,26?,27-/m0/s1. The van der Waals surface area contributed by atoms with Crippen molar-refractivity contribution in [2.45, 2.75) is 75.8 Å². The summed E-state index contributed by atoms with van der Waals surface area (Å²) in [5.74, 6) is 1.32.